The van der Waals surface area contributed by atoms with Crippen molar-refractivity contribution in [3.63, 3.8) is 0 Å². The second-order valence-corrected chi connectivity index (χ2v) is 7.19. The second-order valence-electron chi connectivity index (χ2n) is 7.19. The highest BCUT2D eigenvalue weighted by Crippen LogP contribution is 2.30. The number of hydrogen-bond acceptors (Lipinski definition) is 6. The number of nitriles is 1. The Labute approximate surface area is 179 Å². The van der Waals surface area contributed by atoms with E-state index in [0.29, 0.717) is 28.1 Å². The molecule has 0 saturated carbocycles. The average Bonchev–Trinajstić information content (AvgIpc) is 2.78. The van der Waals surface area contributed by atoms with E-state index in [1.807, 2.05) is 32.0 Å². The molecule has 7 nitrogen and oxygen atoms in total. The van der Waals surface area contributed by atoms with Gasteiger partial charge in [0.2, 0.25) is 0 Å². The molecule has 0 fully saturated rings. The molecule has 2 heterocycles. The molecule has 0 aliphatic carbocycles. The predicted octanol–water partition coefficient (Wildman–Crippen LogP) is 4.74. The van der Waals surface area contributed by atoms with Crippen molar-refractivity contribution in [2.75, 3.05) is 5.32 Å². The summed E-state index contributed by atoms with van der Waals surface area (Å²) in [6.07, 6.45) is 1.64. The van der Waals surface area contributed by atoms with Gasteiger partial charge < -0.3 is 10.4 Å². The number of carbonyl (C=O) groups is 1. The van der Waals surface area contributed by atoms with Gasteiger partial charge in [-0.1, -0.05) is 24.3 Å². The van der Waals surface area contributed by atoms with Crippen LogP contribution in [0.15, 0.2) is 60.8 Å². The summed E-state index contributed by atoms with van der Waals surface area (Å²) in [4.78, 5) is 25.2. The van der Waals surface area contributed by atoms with Crippen LogP contribution in [0.4, 0.5) is 5.69 Å². The van der Waals surface area contributed by atoms with Crippen molar-refractivity contribution in [2.24, 2.45) is 0 Å². The zero-order chi connectivity index (χ0) is 22.0. The number of aromatic carboxylic acids is 1. The van der Waals surface area contributed by atoms with Crippen LogP contribution in [0.1, 0.15) is 40.1 Å². The molecule has 1 atom stereocenters. The topological polar surface area (TPSA) is 112 Å². The van der Waals surface area contributed by atoms with Crippen LogP contribution in [0, 0.1) is 18.3 Å². The van der Waals surface area contributed by atoms with Gasteiger partial charge >= 0.3 is 5.97 Å². The van der Waals surface area contributed by atoms with Gasteiger partial charge in [-0.25, -0.2) is 14.8 Å². The number of aryl methyl sites for hydroxylation is 1. The number of para-hydroxylation sites is 1. The van der Waals surface area contributed by atoms with Gasteiger partial charge in [-0.15, -0.1) is 0 Å². The van der Waals surface area contributed by atoms with Gasteiger partial charge in [-0.3, -0.25) is 4.98 Å². The summed E-state index contributed by atoms with van der Waals surface area (Å²) in [6.45, 7) is 3.88. The minimum absolute atomic E-state index is 0.193. The van der Waals surface area contributed by atoms with Gasteiger partial charge in [0.05, 0.1) is 28.3 Å². The molecular weight excluding hydrogens is 390 g/mol. The Morgan fingerprint density at radius 1 is 1.13 bits per heavy atom. The number of nitrogens with one attached hydrogen (secondary N) is 1. The van der Waals surface area contributed by atoms with Crippen molar-refractivity contribution in [1.29, 1.82) is 5.26 Å². The first-order chi connectivity index (χ1) is 15.0. The van der Waals surface area contributed by atoms with Gasteiger partial charge in [0, 0.05) is 17.4 Å². The Kier molecular flexibility index (Phi) is 5.29. The molecule has 152 valence electrons. The van der Waals surface area contributed by atoms with Crippen LogP contribution >= 0.6 is 0 Å². The Bertz CT molecular complexity index is 1330. The monoisotopic (exact) mass is 409 g/mol. The molecule has 0 aliphatic heterocycles. The third-order valence-corrected chi connectivity index (χ3v) is 4.95. The maximum absolute atomic E-state index is 11.6. The molecule has 7 heteroatoms. The standard InChI is InChI=1S/C24H19N5O2/c1-14-11-17(15(2)27-18-8-4-3-7-16(18)24(30)31)22-20(12-14)28-21(13-25)23(29-22)19-9-5-6-10-26-19/h3-12,15,27H,1-2H3,(H,30,31)/t15-/m1/s1. The van der Waals surface area contributed by atoms with E-state index in [1.165, 1.54) is 0 Å². The summed E-state index contributed by atoms with van der Waals surface area (Å²) < 4.78 is 0. The number of carboxylic acids is 1. The third-order valence-electron chi connectivity index (χ3n) is 4.95. The molecule has 0 unspecified atom stereocenters. The predicted molar refractivity (Wildman–Crippen MR) is 118 cm³/mol. The minimum Gasteiger partial charge on any atom is -0.478 e. The molecular formula is C24H19N5O2. The van der Waals surface area contributed by atoms with Crippen LogP contribution in [0.3, 0.4) is 0 Å². The lowest BCUT2D eigenvalue weighted by molar-refractivity contribution is 0.0698. The van der Waals surface area contributed by atoms with Crippen LogP contribution in [0.25, 0.3) is 22.4 Å². The van der Waals surface area contributed by atoms with Gasteiger partial charge in [-0.2, -0.15) is 5.26 Å². The fourth-order valence-electron chi connectivity index (χ4n) is 3.53. The molecule has 0 aliphatic rings. The molecule has 0 amide bonds. The van der Waals surface area contributed by atoms with Crippen LogP contribution in [-0.4, -0.2) is 26.0 Å². The number of carboxylic acid groups (broad SMARTS) is 1. The Balaban J connectivity index is 1.86. The fraction of sp³-hybridized carbons (Fsp3) is 0.125. The van der Waals surface area contributed by atoms with Crippen molar-refractivity contribution in [3.8, 4) is 17.5 Å². The van der Waals surface area contributed by atoms with Crippen molar-refractivity contribution >= 4 is 22.7 Å². The average molecular weight is 409 g/mol. The van der Waals surface area contributed by atoms with Crippen molar-refractivity contribution in [3.05, 3.63) is 83.2 Å². The smallest absolute Gasteiger partial charge is 0.337 e. The first-order valence-electron chi connectivity index (χ1n) is 9.70. The number of rotatable bonds is 5. The molecule has 2 aromatic heterocycles. The normalized spacial score (nSPS) is 11.6. The van der Waals surface area contributed by atoms with E-state index in [2.05, 4.69) is 21.4 Å². The van der Waals surface area contributed by atoms with E-state index < -0.39 is 5.97 Å². The zero-order valence-electron chi connectivity index (χ0n) is 17.0. The lowest BCUT2D eigenvalue weighted by atomic mass is 10.0. The number of pyridine rings is 1. The van der Waals surface area contributed by atoms with Crippen LogP contribution in [0.5, 0.6) is 0 Å². The molecule has 0 spiro atoms. The molecule has 0 bridgehead atoms. The highest BCUT2D eigenvalue weighted by Gasteiger charge is 2.19. The first kappa shape index (κ1) is 20.0. The molecule has 2 N–H and O–H groups in total. The lowest BCUT2D eigenvalue weighted by Gasteiger charge is -2.19. The first-order valence-corrected chi connectivity index (χ1v) is 9.70. The number of fused-ring (bicyclic) bond motifs is 1. The largest absolute Gasteiger partial charge is 0.478 e. The summed E-state index contributed by atoms with van der Waals surface area (Å²) in [5.74, 6) is -1.000. The fourth-order valence-corrected chi connectivity index (χ4v) is 3.53. The van der Waals surface area contributed by atoms with Crippen LogP contribution < -0.4 is 5.32 Å². The summed E-state index contributed by atoms with van der Waals surface area (Å²) in [7, 11) is 0. The zero-order valence-corrected chi connectivity index (χ0v) is 17.0. The number of hydrogen-bond donors (Lipinski definition) is 2. The van der Waals surface area contributed by atoms with Crippen molar-refractivity contribution in [1.82, 2.24) is 15.0 Å². The molecule has 31 heavy (non-hydrogen) atoms. The number of benzene rings is 2. The van der Waals surface area contributed by atoms with Gasteiger partial charge in [0.15, 0.2) is 5.69 Å². The van der Waals surface area contributed by atoms with Crippen molar-refractivity contribution in [2.45, 2.75) is 19.9 Å². The number of aromatic nitrogens is 3. The van der Waals surface area contributed by atoms with E-state index in [0.717, 1.165) is 11.1 Å². The third kappa shape index (κ3) is 3.91. The minimum atomic E-state index is -1.000. The molecule has 0 radical (unpaired) electrons. The quantitative estimate of drug-likeness (QED) is 0.489. The number of nitrogens with zero attached hydrogens (tertiary/aromatic N) is 4. The van der Waals surface area contributed by atoms with Gasteiger partial charge in [0.25, 0.3) is 0 Å². The highest BCUT2D eigenvalue weighted by molar-refractivity contribution is 5.94. The number of anilines is 1. The lowest BCUT2D eigenvalue weighted by Crippen LogP contribution is -2.12. The van der Waals surface area contributed by atoms with Crippen molar-refractivity contribution < 1.29 is 9.90 Å². The Morgan fingerprint density at radius 2 is 1.90 bits per heavy atom. The van der Waals surface area contributed by atoms with Gasteiger partial charge in [0.1, 0.15) is 11.8 Å². The summed E-state index contributed by atoms with van der Waals surface area (Å²) in [6, 6.07) is 17.9. The van der Waals surface area contributed by atoms with E-state index in [-0.39, 0.29) is 17.3 Å². The van der Waals surface area contributed by atoms with E-state index >= 15 is 0 Å². The highest BCUT2D eigenvalue weighted by atomic mass is 16.4. The van der Waals surface area contributed by atoms with E-state index in [9.17, 15) is 15.2 Å². The van der Waals surface area contributed by atoms with E-state index in [4.69, 9.17) is 4.98 Å². The second kappa shape index (κ2) is 8.20. The molecule has 2 aromatic carbocycles. The molecule has 0 saturated heterocycles. The summed E-state index contributed by atoms with van der Waals surface area (Å²) in [5.41, 5.74) is 4.96. The summed E-state index contributed by atoms with van der Waals surface area (Å²) >= 11 is 0. The van der Waals surface area contributed by atoms with Gasteiger partial charge in [-0.05, 0) is 49.7 Å². The van der Waals surface area contributed by atoms with Crippen LogP contribution in [0.2, 0.25) is 0 Å². The maximum atomic E-state index is 11.6. The Morgan fingerprint density at radius 3 is 2.61 bits per heavy atom. The Hall–Kier alpha value is -4.31. The summed E-state index contributed by atoms with van der Waals surface area (Å²) in [5, 5.41) is 22.4. The van der Waals surface area contributed by atoms with E-state index in [1.54, 1.807) is 42.6 Å². The maximum Gasteiger partial charge on any atom is 0.337 e. The SMILES string of the molecule is Cc1cc([C@@H](C)Nc2ccccc2C(=O)O)c2nc(-c3ccccn3)c(C#N)nc2c1. The van der Waals surface area contributed by atoms with Crippen LogP contribution in [-0.2, 0) is 0 Å². The molecule has 4 aromatic rings. The molecule has 4 rings (SSSR count).